The minimum Gasteiger partial charge on any atom is -0.395 e. The summed E-state index contributed by atoms with van der Waals surface area (Å²) < 4.78 is 14.8. The molecule has 0 aromatic carbocycles. The molecular formula is C23H52NO5P. The first-order chi connectivity index (χ1) is 14.4. The molecule has 0 aliphatic carbocycles. The Labute approximate surface area is 187 Å². The Morgan fingerprint density at radius 3 is 1.40 bits per heavy atom. The number of rotatable bonds is 21. The Morgan fingerprint density at radius 2 is 1.03 bits per heavy atom. The van der Waals surface area contributed by atoms with Gasteiger partial charge in [-0.05, 0) is 32.4 Å². The van der Waals surface area contributed by atoms with Gasteiger partial charge < -0.3 is 19.8 Å². The first kappa shape index (κ1) is 32.2. The van der Waals surface area contributed by atoms with Gasteiger partial charge in [-0.3, -0.25) is 4.52 Å². The fourth-order valence-electron chi connectivity index (χ4n) is 3.19. The summed E-state index contributed by atoms with van der Waals surface area (Å²) in [5.41, 5.74) is 0. The van der Waals surface area contributed by atoms with E-state index in [1.54, 1.807) is 0 Å². The predicted octanol–water partition coefficient (Wildman–Crippen LogP) is 6.29. The van der Waals surface area contributed by atoms with Gasteiger partial charge in [0.25, 0.3) is 0 Å². The van der Waals surface area contributed by atoms with Gasteiger partial charge in [-0.15, -0.1) is 0 Å². The lowest BCUT2D eigenvalue weighted by molar-refractivity contribution is 0.192. The van der Waals surface area contributed by atoms with Gasteiger partial charge >= 0.3 is 7.82 Å². The number of hydrogen-bond donors (Lipinski definition) is 3. The van der Waals surface area contributed by atoms with E-state index in [1.165, 1.54) is 77.0 Å². The summed E-state index contributed by atoms with van der Waals surface area (Å²) in [6.45, 7) is 10.3. The molecule has 0 unspecified atom stereocenters. The summed E-state index contributed by atoms with van der Waals surface area (Å²) in [4.78, 5) is 19.3. The van der Waals surface area contributed by atoms with Crippen LogP contribution in [0, 0.1) is 0 Å². The molecule has 0 amide bonds. The maximum absolute atomic E-state index is 10.4. The van der Waals surface area contributed by atoms with Gasteiger partial charge in [0.15, 0.2) is 0 Å². The Kier molecular flexibility index (Phi) is 27.2. The van der Waals surface area contributed by atoms with Crippen molar-refractivity contribution in [3.63, 3.8) is 0 Å². The van der Waals surface area contributed by atoms with E-state index in [1.807, 2.05) is 0 Å². The molecule has 0 atom stereocenters. The Balaban J connectivity index is 0. The molecule has 0 aliphatic rings. The second kappa shape index (κ2) is 25.3. The second-order valence-corrected chi connectivity index (χ2v) is 9.37. The highest BCUT2D eigenvalue weighted by Crippen LogP contribution is 2.35. The summed E-state index contributed by atoms with van der Waals surface area (Å²) >= 11 is 0. The largest absolute Gasteiger partial charge is 0.469 e. The fraction of sp³-hybridized carbons (Fsp3) is 1.00. The summed E-state index contributed by atoms with van der Waals surface area (Å²) in [7, 11) is -4.25. The van der Waals surface area contributed by atoms with Gasteiger partial charge in [0.05, 0.1) is 13.2 Å². The van der Waals surface area contributed by atoms with E-state index >= 15 is 0 Å². The molecule has 0 heterocycles. The van der Waals surface area contributed by atoms with Gasteiger partial charge in [0, 0.05) is 6.54 Å². The van der Waals surface area contributed by atoms with Crippen molar-refractivity contribution in [3.05, 3.63) is 0 Å². The van der Waals surface area contributed by atoms with Crippen molar-refractivity contribution in [2.75, 3.05) is 32.8 Å². The van der Waals surface area contributed by atoms with Crippen LogP contribution < -0.4 is 0 Å². The number of phosphoric ester groups is 1. The predicted molar refractivity (Wildman–Crippen MR) is 128 cm³/mol. The summed E-state index contributed by atoms with van der Waals surface area (Å²) in [6, 6.07) is 0. The van der Waals surface area contributed by atoms with Crippen LogP contribution in [-0.4, -0.2) is 52.6 Å². The van der Waals surface area contributed by atoms with Crippen molar-refractivity contribution in [1.82, 2.24) is 4.90 Å². The zero-order chi connectivity index (χ0) is 22.9. The van der Waals surface area contributed by atoms with Crippen molar-refractivity contribution in [2.24, 2.45) is 0 Å². The highest BCUT2D eigenvalue weighted by atomic mass is 31.2. The molecule has 0 rings (SSSR count). The van der Waals surface area contributed by atoms with Gasteiger partial charge in [0.1, 0.15) is 0 Å². The summed E-state index contributed by atoms with van der Waals surface area (Å²) in [5, 5.41) is 8.79. The van der Waals surface area contributed by atoms with Crippen LogP contribution in [0.3, 0.4) is 0 Å². The molecule has 0 aromatic heterocycles. The SMILES string of the molecule is CCCCCCCCCCCCCOP(=O)(O)O.CCCCN(CCO)CCCC. The molecule has 0 radical (unpaired) electrons. The van der Waals surface area contributed by atoms with Crippen molar-refractivity contribution >= 4 is 7.82 Å². The van der Waals surface area contributed by atoms with E-state index in [0.29, 0.717) is 6.61 Å². The van der Waals surface area contributed by atoms with E-state index in [0.717, 1.165) is 38.9 Å². The number of nitrogens with zero attached hydrogens (tertiary/aromatic N) is 1. The third-order valence-electron chi connectivity index (χ3n) is 5.08. The molecule has 0 aromatic rings. The third-order valence-corrected chi connectivity index (χ3v) is 5.60. The van der Waals surface area contributed by atoms with Crippen LogP contribution in [-0.2, 0) is 9.09 Å². The Bertz CT molecular complexity index is 358. The fourth-order valence-corrected chi connectivity index (χ4v) is 3.56. The summed E-state index contributed by atoms with van der Waals surface area (Å²) in [5.74, 6) is 0. The van der Waals surface area contributed by atoms with E-state index in [-0.39, 0.29) is 6.61 Å². The van der Waals surface area contributed by atoms with Gasteiger partial charge in [-0.25, -0.2) is 4.57 Å². The standard InChI is InChI=1S/C13H29O4P.C10H23NO/c1-2-3-4-5-6-7-8-9-10-11-12-13-17-18(14,15)16;1-3-5-7-11(9-10-12)8-6-4-2/h2-13H2,1H3,(H2,14,15,16);12H,3-10H2,1-2H3. The van der Waals surface area contributed by atoms with Crippen LogP contribution in [0.4, 0.5) is 0 Å². The van der Waals surface area contributed by atoms with E-state index in [2.05, 4.69) is 30.2 Å². The average molecular weight is 454 g/mol. The van der Waals surface area contributed by atoms with E-state index in [4.69, 9.17) is 14.9 Å². The molecule has 0 bridgehead atoms. The van der Waals surface area contributed by atoms with Gasteiger partial charge in [-0.1, -0.05) is 97.8 Å². The molecular weight excluding hydrogens is 401 g/mol. The first-order valence-corrected chi connectivity index (χ1v) is 14.0. The monoisotopic (exact) mass is 453 g/mol. The van der Waals surface area contributed by atoms with Gasteiger partial charge in [-0.2, -0.15) is 0 Å². The minimum atomic E-state index is -4.25. The van der Waals surface area contributed by atoms with Crippen LogP contribution in [0.5, 0.6) is 0 Å². The molecule has 30 heavy (non-hydrogen) atoms. The Hall–Kier alpha value is 0.0300. The molecule has 0 saturated heterocycles. The number of unbranched alkanes of at least 4 members (excludes halogenated alkanes) is 12. The first-order valence-electron chi connectivity index (χ1n) is 12.4. The molecule has 0 spiro atoms. The normalized spacial score (nSPS) is 11.6. The van der Waals surface area contributed by atoms with Crippen LogP contribution in [0.1, 0.15) is 117 Å². The zero-order valence-corrected chi connectivity index (χ0v) is 21.1. The zero-order valence-electron chi connectivity index (χ0n) is 20.2. The molecule has 0 saturated carbocycles. The van der Waals surface area contributed by atoms with Crippen LogP contribution in [0.2, 0.25) is 0 Å². The average Bonchev–Trinajstić information content (AvgIpc) is 2.70. The van der Waals surface area contributed by atoms with Crippen molar-refractivity contribution in [3.8, 4) is 0 Å². The number of hydrogen-bond acceptors (Lipinski definition) is 4. The van der Waals surface area contributed by atoms with Crippen LogP contribution in [0.15, 0.2) is 0 Å². The van der Waals surface area contributed by atoms with Crippen molar-refractivity contribution < 1.29 is 24.0 Å². The van der Waals surface area contributed by atoms with Gasteiger partial charge in [0.2, 0.25) is 0 Å². The number of aliphatic hydroxyl groups excluding tert-OH is 1. The lowest BCUT2D eigenvalue weighted by atomic mass is 10.1. The molecule has 0 fully saturated rings. The number of phosphoric acid groups is 1. The summed E-state index contributed by atoms with van der Waals surface area (Å²) in [6.07, 6.45) is 18.4. The number of aliphatic hydroxyl groups is 1. The van der Waals surface area contributed by atoms with Crippen LogP contribution >= 0.6 is 7.82 Å². The van der Waals surface area contributed by atoms with E-state index in [9.17, 15) is 4.57 Å². The van der Waals surface area contributed by atoms with E-state index < -0.39 is 7.82 Å². The van der Waals surface area contributed by atoms with Crippen LogP contribution in [0.25, 0.3) is 0 Å². The maximum Gasteiger partial charge on any atom is 0.469 e. The quantitative estimate of drug-likeness (QED) is 0.140. The lowest BCUT2D eigenvalue weighted by Gasteiger charge is -2.20. The molecule has 6 nitrogen and oxygen atoms in total. The molecule has 3 N–H and O–H groups in total. The molecule has 7 heteroatoms. The molecule has 0 aliphatic heterocycles. The Morgan fingerprint density at radius 1 is 0.633 bits per heavy atom. The smallest absolute Gasteiger partial charge is 0.395 e. The maximum atomic E-state index is 10.4. The third kappa shape index (κ3) is 30.2. The lowest BCUT2D eigenvalue weighted by Crippen LogP contribution is -2.28. The van der Waals surface area contributed by atoms with Crippen molar-refractivity contribution in [2.45, 2.75) is 117 Å². The molecule has 184 valence electrons. The van der Waals surface area contributed by atoms with Crippen molar-refractivity contribution in [1.29, 1.82) is 0 Å². The minimum absolute atomic E-state index is 0.168. The topological polar surface area (TPSA) is 90.2 Å². The highest BCUT2D eigenvalue weighted by Gasteiger charge is 2.12. The highest BCUT2D eigenvalue weighted by molar-refractivity contribution is 7.46. The second-order valence-electron chi connectivity index (χ2n) is 8.13.